The van der Waals surface area contributed by atoms with Crippen LogP contribution in [0.25, 0.3) is 0 Å². The number of carbonyl (C=O) groups is 1. The minimum absolute atomic E-state index is 0.0490. The highest BCUT2D eigenvalue weighted by atomic mass is 16.6. The minimum Gasteiger partial charge on any atom is -0.394 e. The first-order valence-electron chi connectivity index (χ1n) is 14.3. The molecule has 0 aromatic heterocycles. The predicted octanol–water partition coefficient (Wildman–Crippen LogP) is 4.00. The number of hydrogen-bond acceptors (Lipinski definition) is 7. The summed E-state index contributed by atoms with van der Waals surface area (Å²) < 4.78 is 26.3. The molecule has 37 heavy (non-hydrogen) atoms. The lowest BCUT2D eigenvalue weighted by molar-refractivity contribution is -0.127. The zero-order valence-corrected chi connectivity index (χ0v) is 23.5. The second-order valence-electron chi connectivity index (χ2n) is 9.15. The van der Waals surface area contributed by atoms with Crippen molar-refractivity contribution in [1.29, 1.82) is 0 Å². The van der Waals surface area contributed by atoms with Gasteiger partial charge in [0.25, 0.3) is 0 Å². The summed E-state index contributed by atoms with van der Waals surface area (Å²) in [6.07, 6.45) is 19.5. The predicted molar refractivity (Wildman–Crippen MR) is 149 cm³/mol. The fourth-order valence-corrected chi connectivity index (χ4v) is 3.61. The van der Waals surface area contributed by atoms with Crippen LogP contribution >= 0.6 is 0 Å². The molecule has 9 heteroatoms. The van der Waals surface area contributed by atoms with Crippen LogP contribution < -0.4 is 5.32 Å². The molecule has 1 atom stereocenters. The number of aliphatic hydroxyl groups excluding tert-OH is 1. The first-order valence-corrected chi connectivity index (χ1v) is 14.3. The fourth-order valence-electron chi connectivity index (χ4n) is 3.61. The Bertz CT molecular complexity index is 497. The Balaban J connectivity index is 3.48. The highest BCUT2D eigenvalue weighted by Gasteiger charge is 2.09. The normalized spacial score (nSPS) is 12.4. The summed E-state index contributed by atoms with van der Waals surface area (Å²) in [4.78, 5) is 12.0. The molecule has 0 bridgehead atoms. The van der Waals surface area contributed by atoms with Gasteiger partial charge >= 0.3 is 0 Å². The molecule has 2 radical (unpaired) electrons. The van der Waals surface area contributed by atoms with Crippen molar-refractivity contribution in [3.63, 3.8) is 0 Å². The van der Waals surface area contributed by atoms with E-state index in [9.17, 15) is 9.90 Å². The van der Waals surface area contributed by atoms with Crippen LogP contribution in [0, 0.1) is 0 Å². The maximum Gasteiger partial charge on any atom is 0.246 e. The molecule has 0 rings (SSSR count). The molecule has 216 valence electrons. The van der Waals surface area contributed by atoms with Crippen LogP contribution in [0.15, 0.2) is 12.2 Å². The van der Waals surface area contributed by atoms with Crippen molar-refractivity contribution in [2.45, 2.75) is 89.4 Å². The quantitative estimate of drug-likeness (QED) is 0.0828. The van der Waals surface area contributed by atoms with E-state index in [1.807, 2.05) is 6.08 Å². The summed E-state index contributed by atoms with van der Waals surface area (Å²) in [6.45, 7) is 3.71. The Kier molecular flexibility index (Phi) is 30.4. The number of carbonyl (C=O) groups excluding carboxylic acids is 1. The number of allylic oxidation sites excluding steroid dienone is 1. The van der Waals surface area contributed by atoms with E-state index >= 15 is 0 Å². The van der Waals surface area contributed by atoms with E-state index in [4.69, 9.17) is 31.5 Å². The topological polar surface area (TPSA) is 95.5 Å². The molecule has 8 nitrogen and oxygen atoms in total. The first kappa shape index (κ1) is 36.0. The number of hydrogen-bond donors (Lipinski definition) is 2. The Morgan fingerprint density at radius 3 is 1.73 bits per heavy atom. The van der Waals surface area contributed by atoms with Crippen molar-refractivity contribution in [3.05, 3.63) is 12.2 Å². The number of rotatable bonds is 30. The van der Waals surface area contributed by atoms with E-state index in [0.717, 1.165) is 19.2 Å². The van der Waals surface area contributed by atoms with Crippen molar-refractivity contribution in [2.75, 3.05) is 73.2 Å². The monoisotopic (exact) mass is 527 g/mol. The van der Waals surface area contributed by atoms with Crippen molar-refractivity contribution in [2.24, 2.45) is 0 Å². The van der Waals surface area contributed by atoms with Crippen LogP contribution in [0.4, 0.5) is 0 Å². The minimum atomic E-state index is -0.288. The SMILES string of the molecule is [B]CCCCCCCCCCCC/C=C/CC(CO)NC(=O)COCCOCCOCCOCCOC. The molecule has 0 saturated heterocycles. The molecule has 0 aliphatic carbocycles. The zero-order chi connectivity index (χ0) is 27.1. The maximum absolute atomic E-state index is 12.0. The van der Waals surface area contributed by atoms with Gasteiger partial charge in [-0.3, -0.25) is 4.79 Å². The Labute approximate surface area is 227 Å². The highest BCUT2D eigenvalue weighted by Crippen LogP contribution is 2.12. The van der Waals surface area contributed by atoms with E-state index < -0.39 is 0 Å². The van der Waals surface area contributed by atoms with Gasteiger partial charge in [-0.05, 0) is 19.3 Å². The van der Waals surface area contributed by atoms with Gasteiger partial charge in [-0.1, -0.05) is 76.3 Å². The molecule has 0 aromatic rings. The molecule has 1 amide bonds. The van der Waals surface area contributed by atoms with Gasteiger partial charge in [0, 0.05) is 7.11 Å². The lowest BCUT2D eigenvalue weighted by atomic mass is 9.98. The Morgan fingerprint density at radius 2 is 1.22 bits per heavy atom. The number of nitrogens with one attached hydrogen (secondary N) is 1. The van der Waals surface area contributed by atoms with Crippen molar-refractivity contribution in [1.82, 2.24) is 5.32 Å². The molecule has 0 heterocycles. The van der Waals surface area contributed by atoms with Crippen LogP contribution in [0.5, 0.6) is 0 Å². The summed E-state index contributed by atoms with van der Waals surface area (Å²) in [5, 5.41) is 12.3. The second-order valence-corrected chi connectivity index (χ2v) is 9.15. The molecule has 1 unspecified atom stereocenters. The standard InChI is InChI=1S/C28H54BNO7/c1-33-17-18-34-19-20-35-21-22-36-23-24-37-26-28(32)30-27(25-31)15-13-11-9-7-5-3-2-4-6-8-10-12-14-16-29/h11,13,27,31H,2-10,12,14-26H2,1H3,(H,30,32)/b13-11+. The number of amides is 1. The summed E-state index contributed by atoms with van der Waals surface area (Å²) in [6, 6.07) is -0.288. The summed E-state index contributed by atoms with van der Waals surface area (Å²) >= 11 is 0. The highest BCUT2D eigenvalue weighted by molar-refractivity contribution is 6.08. The lowest BCUT2D eigenvalue weighted by Crippen LogP contribution is -2.39. The van der Waals surface area contributed by atoms with E-state index in [1.54, 1.807) is 7.11 Å². The van der Waals surface area contributed by atoms with E-state index in [1.165, 1.54) is 57.8 Å². The lowest BCUT2D eigenvalue weighted by Gasteiger charge is -2.14. The van der Waals surface area contributed by atoms with Crippen molar-refractivity contribution < 1.29 is 33.6 Å². The first-order chi connectivity index (χ1) is 18.2. The number of methoxy groups -OCH3 is 1. The number of unbranched alkanes of at least 4 members (excludes halogenated alkanes) is 10. The van der Waals surface area contributed by atoms with Gasteiger partial charge < -0.3 is 34.1 Å². The Morgan fingerprint density at radius 1 is 0.730 bits per heavy atom. The number of aliphatic hydroxyl groups is 1. The van der Waals surface area contributed by atoms with Crippen LogP contribution in [0.1, 0.15) is 77.0 Å². The third-order valence-corrected chi connectivity index (χ3v) is 5.78. The van der Waals surface area contributed by atoms with Crippen LogP contribution in [-0.2, 0) is 28.5 Å². The van der Waals surface area contributed by atoms with Gasteiger partial charge in [-0.2, -0.15) is 0 Å². The van der Waals surface area contributed by atoms with Gasteiger partial charge in [0.15, 0.2) is 0 Å². The summed E-state index contributed by atoms with van der Waals surface area (Å²) in [5.74, 6) is -0.233. The van der Waals surface area contributed by atoms with Gasteiger partial charge in [-0.15, -0.1) is 0 Å². The van der Waals surface area contributed by atoms with E-state index in [2.05, 4.69) is 11.4 Å². The van der Waals surface area contributed by atoms with Gasteiger partial charge in [0.05, 0.1) is 73.4 Å². The maximum atomic E-state index is 12.0. The van der Waals surface area contributed by atoms with Gasteiger partial charge in [-0.25, -0.2) is 0 Å². The molecular weight excluding hydrogens is 473 g/mol. The van der Waals surface area contributed by atoms with Crippen molar-refractivity contribution in [3.8, 4) is 0 Å². The van der Waals surface area contributed by atoms with Gasteiger partial charge in [0.1, 0.15) is 6.61 Å². The molecule has 0 aliphatic rings. The van der Waals surface area contributed by atoms with Crippen LogP contribution in [0.3, 0.4) is 0 Å². The molecule has 2 N–H and O–H groups in total. The third-order valence-electron chi connectivity index (χ3n) is 5.78. The molecule has 0 saturated carbocycles. The Hall–Kier alpha value is -0.965. The molecule has 0 aromatic carbocycles. The summed E-state index contributed by atoms with van der Waals surface area (Å²) in [7, 11) is 7.15. The molecule has 0 fully saturated rings. The largest absolute Gasteiger partial charge is 0.394 e. The van der Waals surface area contributed by atoms with Gasteiger partial charge in [0.2, 0.25) is 5.91 Å². The smallest absolute Gasteiger partial charge is 0.246 e. The number of ether oxygens (including phenoxy) is 5. The van der Waals surface area contributed by atoms with Crippen molar-refractivity contribution >= 4 is 13.8 Å². The average molecular weight is 528 g/mol. The van der Waals surface area contributed by atoms with Crippen LogP contribution in [-0.4, -0.2) is 98.1 Å². The third kappa shape index (κ3) is 29.4. The zero-order valence-electron chi connectivity index (χ0n) is 23.5. The van der Waals surface area contributed by atoms with Crippen LogP contribution in [0.2, 0.25) is 6.32 Å². The summed E-state index contributed by atoms with van der Waals surface area (Å²) in [5.41, 5.74) is 0. The molecule has 0 spiro atoms. The molecule has 0 aliphatic heterocycles. The average Bonchev–Trinajstić information content (AvgIpc) is 2.90. The fraction of sp³-hybridized carbons (Fsp3) is 0.893. The van der Waals surface area contributed by atoms with E-state index in [-0.39, 0.29) is 25.2 Å². The molecular formula is C28H54BNO7. The van der Waals surface area contributed by atoms with E-state index in [0.29, 0.717) is 59.3 Å². The second kappa shape index (κ2) is 31.3.